The third-order valence-electron chi connectivity index (χ3n) is 2.94. The van der Waals surface area contributed by atoms with Crippen molar-refractivity contribution in [1.29, 1.82) is 0 Å². The van der Waals surface area contributed by atoms with Gasteiger partial charge in [-0.05, 0) is 12.8 Å². The van der Waals surface area contributed by atoms with Crippen molar-refractivity contribution in [2.75, 3.05) is 13.1 Å². The van der Waals surface area contributed by atoms with E-state index in [1.807, 2.05) is 11.9 Å². The van der Waals surface area contributed by atoms with Crippen molar-refractivity contribution in [2.45, 2.75) is 32.2 Å². The Morgan fingerprint density at radius 3 is 2.65 bits per heavy atom. The minimum atomic E-state index is -0.000599. The van der Waals surface area contributed by atoms with Gasteiger partial charge in [0, 0.05) is 20.1 Å². The molecular formula is C11H19N5O. The highest BCUT2D eigenvalue weighted by molar-refractivity contribution is 5.74. The normalized spacial score (nSPS) is 16.6. The summed E-state index contributed by atoms with van der Waals surface area (Å²) in [5.41, 5.74) is 0. The van der Waals surface area contributed by atoms with Crippen molar-refractivity contribution in [1.82, 2.24) is 25.0 Å². The van der Waals surface area contributed by atoms with Crippen LogP contribution in [0.3, 0.4) is 0 Å². The van der Waals surface area contributed by atoms with E-state index in [2.05, 4.69) is 15.4 Å². The van der Waals surface area contributed by atoms with E-state index in [1.54, 1.807) is 11.0 Å². The van der Waals surface area contributed by atoms with Gasteiger partial charge in [0.2, 0.25) is 0 Å². The van der Waals surface area contributed by atoms with Gasteiger partial charge in [-0.25, -0.2) is 9.78 Å². The molecule has 0 atom stereocenters. The highest BCUT2D eigenvalue weighted by atomic mass is 16.2. The van der Waals surface area contributed by atoms with E-state index < -0.39 is 0 Å². The molecule has 0 unspecified atom stereocenters. The van der Waals surface area contributed by atoms with Gasteiger partial charge in [-0.2, -0.15) is 5.10 Å². The van der Waals surface area contributed by atoms with E-state index in [9.17, 15) is 4.79 Å². The summed E-state index contributed by atoms with van der Waals surface area (Å²) in [6.07, 6.45) is 6.30. The number of hydrogen-bond acceptors (Lipinski definition) is 3. The van der Waals surface area contributed by atoms with Crippen molar-refractivity contribution in [3.8, 4) is 0 Å². The lowest BCUT2D eigenvalue weighted by atomic mass is 10.2. The van der Waals surface area contributed by atoms with Crippen LogP contribution in [0.5, 0.6) is 0 Å². The molecule has 1 fully saturated rings. The Hall–Kier alpha value is -1.59. The SMILES string of the molecule is Cn1cnc(CNC(=O)N2CCCCCC2)n1. The molecule has 0 saturated carbocycles. The molecule has 0 aliphatic carbocycles. The molecule has 0 radical (unpaired) electrons. The minimum Gasteiger partial charge on any atom is -0.331 e. The van der Waals surface area contributed by atoms with E-state index in [1.165, 1.54) is 12.8 Å². The van der Waals surface area contributed by atoms with Gasteiger partial charge in [-0.1, -0.05) is 12.8 Å². The first-order valence-electron chi connectivity index (χ1n) is 6.13. The standard InChI is InChI=1S/C11H19N5O/c1-15-9-13-10(14-15)8-12-11(17)16-6-4-2-3-5-7-16/h9H,2-8H2,1H3,(H,12,17). The number of nitrogens with zero attached hydrogens (tertiary/aromatic N) is 4. The first-order chi connectivity index (χ1) is 8.25. The predicted octanol–water partition coefficient (Wildman–Crippen LogP) is 0.901. The van der Waals surface area contributed by atoms with Gasteiger partial charge in [0.15, 0.2) is 5.82 Å². The number of aryl methyl sites for hydroxylation is 1. The topological polar surface area (TPSA) is 63.1 Å². The van der Waals surface area contributed by atoms with Crippen LogP contribution >= 0.6 is 0 Å². The Morgan fingerprint density at radius 1 is 1.35 bits per heavy atom. The summed E-state index contributed by atoms with van der Waals surface area (Å²) >= 11 is 0. The van der Waals surface area contributed by atoms with Crippen LogP contribution in [-0.4, -0.2) is 38.8 Å². The maximum absolute atomic E-state index is 11.9. The number of carbonyl (C=O) groups excluding carboxylic acids is 1. The fourth-order valence-corrected chi connectivity index (χ4v) is 2.01. The summed E-state index contributed by atoms with van der Waals surface area (Å²) < 4.78 is 1.63. The summed E-state index contributed by atoms with van der Waals surface area (Å²) in [5.74, 6) is 0.649. The molecule has 94 valence electrons. The number of amides is 2. The van der Waals surface area contributed by atoms with Crippen LogP contribution in [-0.2, 0) is 13.6 Å². The van der Waals surface area contributed by atoms with Crippen molar-refractivity contribution in [3.63, 3.8) is 0 Å². The molecule has 17 heavy (non-hydrogen) atoms. The summed E-state index contributed by atoms with van der Waals surface area (Å²) in [6.45, 7) is 2.12. The van der Waals surface area contributed by atoms with Crippen molar-refractivity contribution in [2.24, 2.45) is 7.05 Å². The Morgan fingerprint density at radius 2 is 2.06 bits per heavy atom. The Balaban J connectivity index is 1.79. The van der Waals surface area contributed by atoms with Gasteiger partial charge in [0.1, 0.15) is 6.33 Å². The molecule has 0 aromatic carbocycles. The number of rotatable bonds is 2. The summed E-state index contributed by atoms with van der Waals surface area (Å²) in [5, 5.41) is 6.98. The molecule has 0 spiro atoms. The van der Waals surface area contributed by atoms with Crippen LogP contribution in [0.15, 0.2) is 6.33 Å². The highest BCUT2D eigenvalue weighted by Crippen LogP contribution is 2.09. The number of hydrogen-bond donors (Lipinski definition) is 1. The number of aromatic nitrogens is 3. The fraction of sp³-hybridized carbons (Fsp3) is 0.727. The quantitative estimate of drug-likeness (QED) is 0.831. The maximum Gasteiger partial charge on any atom is 0.317 e. The number of likely N-dealkylation sites (tertiary alicyclic amines) is 1. The third kappa shape index (κ3) is 3.44. The fourth-order valence-electron chi connectivity index (χ4n) is 2.01. The predicted molar refractivity (Wildman–Crippen MR) is 63.3 cm³/mol. The molecule has 1 aromatic heterocycles. The molecule has 0 bridgehead atoms. The van der Waals surface area contributed by atoms with Crippen molar-refractivity contribution in [3.05, 3.63) is 12.2 Å². The van der Waals surface area contributed by atoms with Crippen LogP contribution in [0.4, 0.5) is 4.79 Å². The molecule has 1 aliphatic rings. The van der Waals surface area contributed by atoms with Crippen molar-refractivity contribution >= 4 is 6.03 Å². The maximum atomic E-state index is 11.9. The van der Waals surface area contributed by atoms with Crippen LogP contribution in [0.25, 0.3) is 0 Å². The second kappa shape index (κ2) is 5.65. The van der Waals surface area contributed by atoms with Gasteiger partial charge in [-0.15, -0.1) is 0 Å². The number of nitrogens with one attached hydrogen (secondary N) is 1. The van der Waals surface area contributed by atoms with Crippen LogP contribution in [0.1, 0.15) is 31.5 Å². The summed E-state index contributed by atoms with van der Waals surface area (Å²) in [4.78, 5) is 17.8. The number of carbonyl (C=O) groups is 1. The zero-order chi connectivity index (χ0) is 12.1. The van der Waals surface area contributed by atoms with Gasteiger partial charge < -0.3 is 10.2 Å². The molecule has 2 rings (SSSR count). The molecule has 2 heterocycles. The molecule has 1 aliphatic heterocycles. The second-order valence-electron chi connectivity index (χ2n) is 4.39. The number of urea groups is 1. The average Bonchev–Trinajstić information content (AvgIpc) is 2.58. The molecular weight excluding hydrogens is 218 g/mol. The summed E-state index contributed by atoms with van der Waals surface area (Å²) in [6, 6.07) is -0.000599. The smallest absolute Gasteiger partial charge is 0.317 e. The van der Waals surface area contributed by atoms with E-state index >= 15 is 0 Å². The second-order valence-corrected chi connectivity index (χ2v) is 4.39. The average molecular weight is 237 g/mol. The van der Waals surface area contributed by atoms with Crippen LogP contribution in [0.2, 0.25) is 0 Å². The van der Waals surface area contributed by atoms with Gasteiger partial charge in [0.25, 0.3) is 0 Å². The summed E-state index contributed by atoms with van der Waals surface area (Å²) in [7, 11) is 1.81. The molecule has 2 amide bonds. The highest BCUT2D eigenvalue weighted by Gasteiger charge is 2.15. The lowest BCUT2D eigenvalue weighted by Gasteiger charge is -2.20. The third-order valence-corrected chi connectivity index (χ3v) is 2.94. The molecule has 1 saturated heterocycles. The van der Waals surface area contributed by atoms with Gasteiger partial charge in [0.05, 0.1) is 6.54 Å². The van der Waals surface area contributed by atoms with E-state index in [4.69, 9.17) is 0 Å². The van der Waals surface area contributed by atoms with Gasteiger partial charge in [-0.3, -0.25) is 4.68 Å². The first-order valence-corrected chi connectivity index (χ1v) is 6.13. The van der Waals surface area contributed by atoms with E-state index in [0.717, 1.165) is 25.9 Å². The molecule has 1 aromatic rings. The van der Waals surface area contributed by atoms with Crippen molar-refractivity contribution < 1.29 is 4.79 Å². The monoisotopic (exact) mass is 237 g/mol. The first kappa shape index (κ1) is 11.9. The van der Waals surface area contributed by atoms with Gasteiger partial charge >= 0.3 is 6.03 Å². The van der Waals surface area contributed by atoms with Crippen LogP contribution in [0, 0.1) is 0 Å². The minimum absolute atomic E-state index is 0.000599. The zero-order valence-electron chi connectivity index (χ0n) is 10.2. The molecule has 6 heteroatoms. The van der Waals surface area contributed by atoms with Crippen LogP contribution < -0.4 is 5.32 Å². The zero-order valence-corrected chi connectivity index (χ0v) is 10.2. The largest absolute Gasteiger partial charge is 0.331 e. The lowest BCUT2D eigenvalue weighted by molar-refractivity contribution is 0.199. The Labute approximate surface area is 101 Å². The van der Waals surface area contributed by atoms with E-state index in [0.29, 0.717) is 12.4 Å². The lowest BCUT2D eigenvalue weighted by Crippen LogP contribution is -2.40. The molecule has 6 nitrogen and oxygen atoms in total. The Bertz CT molecular complexity index is 368. The molecule has 1 N–H and O–H groups in total. The Kier molecular flexibility index (Phi) is 3.95. The van der Waals surface area contributed by atoms with E-state index in [-0.39, 0.29) is 6.03 Å².